The number of hydrogen-bond acceptors (Lipinski definition) is 0. The molecule has 0 fully saturated rings. The van der Waals surface area contributed by atoms with Crippen LogP contribution in [0.2, 0.25) is 0 Å². The number of hydrogen-bond donors (Lipinski definition) is 0. The van der Waals surface area contributed by atoms with E-state index < -0.39 is 0 Å². The molecule has 0 heterocycles. The minimum Gasteiger partial charge on any atom is -0.0683 e. The second-order valence-electron chi connectivity index (χ2n) is 25.0. The predicted octanol–water partition coefficient (Wildman–Crippen LogP) is 30.2. The maximum absolute atomic E-state index is 2.38. The van der Waals surface area contributed by atoms with Crippen molar-refractivity contribution in [3.05, 3.63) is 380 Å². The third kappa shape index (κ3) is 17.1. The van der Waals surface area contributed by atoms with Gasteiger partial charge in [-0.25, -0.2) is 0 Å². The van der Waals surface area contributed by atoms with Crippen LogP contribution >= 0.6 is 0 Å². The molecule has 0 saturated carbocycles. The molecule has 528 valence electrons. The molecule has 0 nitrogen and oxygen atoms in total. The van der Waals surface area contributed by atoms with E-state index >= 15 is 0 Å². The van der Waals surface area contributed by atoms with Gasteiger partial charge in [-0.1, -0.05) is 402 Å². The van der Waals surface area contributed by atoms with Gasteiger partial charge in [-0.3, -0.25) is 0 Å². The van der Waals surface area contributed by atoms with E-state index in [1.165, 1.54) is 175 Å². The summed E-state index contributed by atoms with van der Waals surface area (Å²) in [6, 6.07) is 107. The molecule has 20 rings (SSSR count). The van der Waals surface area contributed by atoms with Crippen molar-refractivity contribution in [3.63, 3.8) is 0 Å². The third-order valence-electron chi connectivity index (χ3n) is 19.8. The van der Waals surface area contributed by atoms with Crippen molar-refractivity contribution in [1.82, 2.24) is 0 Å². The van der Waals surface area contributed by atoms with Crippen LogP contribution in [0.4, 0.5) is 0 Å². The van der Waals surface area contributed by atoms with Gasteiger partial charge in [0.15, 0.2) is 0 Å². The highest BCUT2D eigenvalue weighted by atomic mass is 14.3. The smallest absolute Gasteiger partial charge is 0.00137 e. The Bertz CT molecular complexity index is 4860. The second-order valence-corrected chi connectivity index (χ2v) is 25.0. The number of fused-ring (bicyclic) bond motifs is 20. The molecule has 104 heavy (non-hydrogen) atoms. The van der Waals surface area contributed by atoms with Gasteiger partial charge in [-0.15, -0.1) is 0 Å². The van der Waals surface area contributed by atoms with Crippen molar-refractivity contribution in [2.45, 2.75) is 162 Å². The molecule has 0 aliphatic heterocycles. The Morgan fingerprint density at radius 3 is 0.452 bits per heavy atom. The normalized spacial score (nSPS) is 11.5. The Hall–Kier alpha value is -10.4. The maximum Gasteiger partial charge on any atom is -0.00137 e. The van der Waals surface area contributed by atoms with Gasteiger partial charge in [0.05, 0.1) is 0 Å². The third-order valence-corrected chi connectivity index (χ3v) is 19.8. The van der Waals surface area contributed by atoms with Crippen molar-refractivity contribution in [2.75, 3.05) is 0 Å². The molecule has 0 saturated heterocycles. The molecule has 4 aliphatic carbocycles. The van der Waals surface area contributed by atoms with E-state index in [2.05, 4.69) is 291 Å². The van der Waals surface area contributed by atoms with Gasteiger partial charge in [0.2, 0.25) is 0 Å². The van der Waals surface area contributed by atoms with Crippen LogP contribution in [0.3, 0.4) is 0 Å². The molecule has 0 heteroatoms. The number of rotatable bonds is 0. The lowest BCUT2D eigenvalue weighted by molar-refractivity contribution is 1.01. The van der Waals surface area contributed by atoms with Crippen molar-refractivity contribution < 1.29 is 0 Å². The average molecular weight is 1360 g/mol. The summed E-state index contributed by atoms with van der Waals surface area (Å²) < 4.78 is 0. The zero-order chi connectivity index (χ0) is 74.1. The first-order valence-corrected chi connectivity index (χ1v) is 39.5. The molecule has 0 spiro atoms. The predicted molar refractivity (Wildman–Crippen MR) is 465 cm³/mol. The summed E-state index contributed by atoms with van der Waals surface area (Å²) in [6.45, 7) is 32.0. The van der Waals surface area contributed by atoms with Crippen LogP contribution in [0.5, 0.6) is 0 Å². The van der Waals surface area contributed by atoms with Crippen LogP contribution in [0, 0.1) is 0 Å². The monoisotopic (exact) mass is 1360 g/mol. The largest absolute Gasteiger partial charge is 0.0683 e. The van der Waals surface area contributed by atoms with Crippen LogP contribution < -0.4 is 0 Å². The van der Waals surface area contributed by atoms with Crippen LogP contribution in [0.15, 0.2) is 291 Å². The van der Waals surface area contributed by atoms with Crippen LogP contribution in [0.1, 0.15) is 200 Å². The van der Waals surface area contributed by atoms with E-state index in [0.29, 0.717) is 0 Å². The van der Waals surface area contributed by atoms with Crippen LogP contribution in [-0.2, 0) is 51.4 Å². The standard InChI is InChI=1S/4C22H16.8C2H6/c1-3-7-19-15(5-1)9-11-17-14-22-18(13-21(17)19)12-10-16-6-2-4-8-20(16)22;2*1-2-7-17-12-20-14-22-18(13-19(20)11-16(17)6-1)10-9-15-5-3-4-8-21(15)22;1-2-6-16-10-20-14-22-12-18-8-4-3-7-17(18)11-21(22)13-19(20)9-15(16)5-1;8*1-2/h4*1-12H,13-14H2;8*1-2H3. The zero-order valence-electron chi connectivity index (χ0n) is 65.4. The lowest BCUT2D eigenvalue weighted by atomic mass is 9.81. The highest BCUT2D eigenvalue weighted by molar-refractivity contribution is 5.94. The zero-order valence-corrected chi connectivity index (χ0v) is 65.4. The lowest BCUT2D eigenvalue weighted by Crippen LogP contribution is -2.08. The SMILES string of the molecule is CC.CC.CC.CC.CC.CC.CC.CC.c1ccc2c3c(ccc2c1)Cc1c(ccc2ccccc12)C3.c1ccc2cc3c(cc2c1)Cc1cc2ccccc2cc1C3.c1ccc2cc3c(cc2c1)Cc1ccc2ccccc2c1C3.c1ccc2cc3c(cc2c1)Cc1ccc2ccccc2c1C3. The van der Waals surface area contributed by atoms with Gasteiger partial charge in [0, 0.05) is 0 Å². The molecule has 0 atom stereocenters. The minimum atomic E-state index is 1.05. The van der Waals surface area contributed by atoms with Gasteiger partial charge in [-0.2, -0.15) is 0 Å². The first kappa shape index (κ1) is 77.8. The van der Waals surface area contributed by atoms with Crippen molar-refractivity contribution >= 4 is 86.2 Å². The molecular formula is C104H112. The first-order valence-electron chi connectivity index (χ1n) is 39.5. The summed E-state index contributed by atoms with van der Waals surface area (Å²) in [6.07, 6.45) is 8.43. The fourth-order valence-electron chi connectivity index (χ4n) is 15.3. The maximum atomic E-state index is 2.38. The summed E-state index contributed by atoms with van der Waals surface area (Å²) in [5.41, 5.74) is 23.9. The quantitative estimate of drug-likeness (QED) is 0.142. The van der Waals surface area contributed by atoms with Gasteiger partial charge >= 0.3 is 0 Å². The summed E-state index contributed by atoms with van der Waals surface area (Å²) in [5, 5.41) is 21.9. The molecule has 4 aliphatic rings. The highest BCUT2D eigenvalue weighted by Gasteiger charge is 2.23. The molecule has 0 N–H and O–H groups in total. The molecular weight excluding hydrogens is 1250 g/mol. The molecule has 0 bridgehead atoms. The van der Waals surface area contributed by atoms with Crippen molar-refractivity contribution in [3.8, 4) is 0 Å². The van der Waals surface area contributed by atoms with E-state index in [1.807, 2.05) is 111 Å². The summed E-state index contributed by atoms with van der Waals surface area (Å²) in [7, 11) is 0. The Labute approximate surface area is 624 Å². The van der Waals surface area contributed by atoms with E-state index in [-0.39, 0.29) is 0 Å². The van der Waals surface area contributed by atoms with E-state index in [1.54, 1.807) is 0 Å². The Balaban J connectivity index is 0.000000151. The first-order chi connectivity index (χ1) is 51.5. The Morgan fingerprint density at radius 1 is 0.125 bits per heavy atom. The topological polar surface area (TPSA) is 0 Å². The summed E-state index contributed by atoms with van der Waals surface area (Å²) in [5.74, 6) is 0. The van der Waals surface area contributed by atoms with E-state index in [4.69, 9.17) is 0 Å². The number of benzene rings is 16. The molecule has 0 radical (unpaired) electrons. The minimum absolute atomic E-state index is 1.05. The van der Waals surface area contributed by atoms with Gasteiger partial charge in [-0.05, 0) is 227 Å². The van der Waals surface area contributed by atoms with Crippen molar-refractivity contribution in [2.24, 2.45) is 0 Å². The summed E-state index contributed by atoms with van der Waals surface area (Å²) >= 11 is 0. The van der Waals surface area contributed by atoms with Gasteiger partial charge in [0.25, 0.3) is 0 Å². The van der Waals surface area contributed by atoms with E-state index in [0.717, 1.165) is 51.4 Å². The summed E-state index contributed by atoms with van der Waals surface area (Å²) in [4.78, 5) is 0. The fraction of sp³-hybridized carbons (Fsp3) is 0.231. The van der Waals surface area contributed by atoms with Gasteiger partial charge < -0.3 is 0 Å². The van der Waals surface area contributed by atoms with E-state index in [9.17, 15) is 0 Å². The Kier molecular flexibility index (Phi) is 29.0. The molecule has 0 unspecified atom stereocenters. The highest BCUT2D eigenvalue weighted by Crippen LogP contribution is 2.39. The fourth-order valence-corrected chi connectivity index (χ4v) is 15.3. The van der Waals surface area contributed by atoms with Crippen molar-refractivity contribution in [1.29, 1.82) is 0 Å². The lowest BCUT2D eigenvalue weighted by Gasteiger charge is -2.23. The van der Waals surface area contributed by atoms with Gasteiger partial charge in [0.1, 0.15) is 0 Å². The average Bonchev–Trinajstić information content (AvgIpc) is 0.764. The molecule has 0 aromatic heterocycles. The second kappa shape index (κ2) is 38.8. The Morgan fingerprint density at radius 2 is 0.260 bits per heavy atom. The van der Waals surface area contributed by atoms with Crippen LogP contribution in [-0.4, -0.2) is 0 Å². The molecule has 0 amide bonds. The molecule has 16 aromatic carbocycles. The van der Waals surface area contributed by atoms with Crippen LogP contribution in [0.25, 0.3) is 86.2 Å². The molecule has 16 aromatic rings.